The number of hydrogen-bond acceptors (Lipinski definition) is 3. The molecular formula is C16H24N4O2S. The van der Waals surface area contributed by atoms with Gasteiger partial charge in [0.15, 0.2) is 0 Å². The fourth-order valence-electron chi connectivity index (χ4n) is 2.10. The van der Waals surface area contributed by atoms with Crippen molar-refractivity contribution in [2.24, 2.45) is 5.41 Å². The van der Waals surface area contributed by atoms with Gasteiger partial charge in [-0.25, -0.2) is 4.98 Å². The Morgan fingerprint density at radius 3 is 2.48 bits per heavy atom. The van der Waals surface area contributed by atoms with Gasteiger partial charge >= 0.3 is 0 Å². The average Bonchev–Trinajstić information content (AvgIpc) is 2.98. The lowest BCUT2D eigenvalue weighted by Gasteiger charge is -2.31. The Bertz CT molecular complexity index is 691. The van der Waals surface area contributed by atoms with Gasteiger partial charge < -0.3 is 4.57 Å². The van der Waals surface area contributed by atoms with Crippen LogP contribution in [-0.2, 0) is 23.3 Å². The van der Waals surface area contributed by atoms with Crippen molar-refractivity contribution in [2.75, 3.05) is 0 Å². The van der Waals surface area contributed by atoms with E-state index in [1.165, 1.54) is 0 Å². The van der Waals surface area contributed by atoms with Crippen molar-refractivity contribution in [3.63, 3.8) is 0 Å². The highest BCUT2D eigenvalue weighted by molar-refractivity contribution is 7.87. The predicted octanol–water partition coefficient (Wildman–Crippen LogP) is 1.92. The van der Waals surface area contributed by atoms with E-state index in [0.717, 1.165) is 5.56 Å². The molecule has 7 heteroatoms. The molecule has 1 atom stereocenters. The number of rotatable bonds is 7. The largest absolute Gasteiger partial charge is 0.336 e. The molecule has 2 rings (SSSR count). The second-order valence-corrected chi connectivity index (χ2v) is 8.14. The fraction of sp³-hybridized carbons (Fsp3) is 0.438. The van der Waals surface area contributed by atoms with Crippen LogP contribution in [0.1, 0.15) is 26.3 Å². The van der Waals surface area contributed by atoms with Gasteiger partial charge in [0.1, 0.15) is 0 Å². The van der Waals surface area contributed by atoms with E-state index >= 15 is 0 Å². The van der Waals surface area contributed by atoms with Crippen molar-refractivity contribution < 1.29 is 8.42 Å². The van der Waals surface area contributed by atoms with Crippen LogP contribution in [0, 0.1) is 5.41 Å². The first kappa shape index (κ1) is 17.7. The van der Waals surface area contributed by atoms with E-state index in [0.29, 0.717) is 6.54 Å². The third-order valence-corrected chi connectivity index (χ3v) is 4.72. The molecule has 0 aliphatic rings. The lowest BCUT2D eigenvalue weighted by molar-refractivity contribution is 0.270. The van der Waals surface area contributed by atoms with Gasteiger partial charge in [-0.2, -0.15) is 17.9 Å². The Labute approximate surface area is 138 Å². The number of hydrogen-bond donors (Lipinski definition) is 2. The average molecular weight is 336 g/mol. The molecule has 2 aromatic rings. The highest BCUT2D eigenvalue weighted by Crippen LogP contribution is 2.21. The van der Waals surface area contributed by atoms with Crippen LogP contribution in [0.5, 0.6) is 0 Å². The Hall–Kier alpha value is -1.70. The minimum atomic E-state index is -3.60. The molecule has 23 heavy (non-hydrogen) atoms. The summed E-state index contributed by atoms with van der Waals surface area (Å²) < 4.78 is 31.9. The van der Waals surface area contributed by atoms with Gasteiger partial charge in [-0.1, -0.05) is 51.1 Å². The quantitative estimate of drug-likeness (QED) is 0.811. The molecule has 1 aromatic heterocycles. The number of aromatic nitrogens is 2. The molecule has 6 nitrogen and oxygen atoms in total. The molecule has 1 aromatic carbocycles. The molecule has 0 unspecified atom stereocenters. The summed E-state index contributed by atoms with van der Waals surface area (Å²) in [6, 6.07) is 9.17. The zero-order valence-corrected chi connectivity index (χ0v) is 14.5. The number of imidazole rings is 1. The summed E-state index contributed by atoms with van der Waals surface area (Å²) in [5.41, 5.74) is 0.686. The van der Waals surface area contributed by atoms with Crippen LogP contribution < -0.4 is 9.44 Å². The van der Waals surface area contributed by atoms with Gasteiger partial charge in [0.05, 0.1) is 6.33 Å². The van der Waals surface area contributed by atoms with Gasteiger partial charge in [0, 0.05) is 31.5 Å². The van der Waals surface area contributed by atoms with E-state index in [4.69, 9.17) is 0 Å². The van der Waals surface area contributed by atoms with Crippen molar-refractivity contribution in [1.29, 1.82) is 0 Å². The third-order valence-electron chi connectivity index (χ3n) is 3.60. The molecule has 0 bridgehead atoms. The molecule has 1 heterocycles. The van der Waals surface area contributed by atoms with Crippen LogP contribution in [0.15, 0.2) is 49.1 Å². The Balaban J connectivity index is 2.02. The van der Waals surface area contributed by atoms with Crippen molar-refractivity contribution in [2.45, 2.75) is 39.9 Å². The summed E-state index contributed by atoms with van der Waals surface area (Å²) in [6.45, 7) is 6.81. The maximum atomic E-state index is 12.3. The SMILES string of the molecule is CC(C)(C)[C@@H](Cn1ccnc1)NS(=O)(=O)NCc1ccccc1. The lowest BCUT2D eigenvalue weighted by atomic mass is 9.87. The summed E-state index contributed by atoms with van der Waals surface area (Å²) in [5.74, 6) is 0. The highest BCUT2D eigenvalue weighted by atomic mass is 32.2. The molecule has 0 amide bonds. The maximum Gasteiger partial charge on any atom is 0.277 e. The Morgan fingerprint density at radius 2 is 1.91 bits per heavy atom. The summed E-state index contributed by atoms with van der Waals surface area (Å²) >= 11 is 0. The van der Waals surface area contributed by atoms with Gasteiger partial charge in [-0.3, -0.25) is 0 Å². The van der Waals surface area contributed by atoms with Crippen molar-refractivity contribution in [3.8, 4) is 0 Å². The Morgan fingerprint density at radius 1 is 1.22 bits per heavy atom. The Kier molecular flexibility index (Phi) is 5.56. The first-order chi connectivity index (χ1) is 10.8. The van der Waals surface area contributed by atoms with Gasteiger partial charge in [-0.05, 0) is 11.0 Å². The normalized spacial score (nSPS) is 13.9. The lowest BCUT2D eigenvalue weighted by Crippen LogP contribution is -2.50. The highest BCUT2D eigenvalue weighted by Gasteiger charge is 2.29. The zero-order chi connectivity index (χ0) is 16.9. The minimum absolute atomic E-state index is 0.230. The number of nitrogens with zero attached hydrogens (tertiary/aromatic N) is 2. The van der Waals surface area contributed by atoms with E-state index < -0.39 is 10.2 Å². The summed E-state index contributed by atoms with van der Waals surface area (Å²) in [6.07, 6.45) is 5.19. The summed E-state index contributed by atoms with van der Waals surface area (Å²) in [7, 11) is -3.60. The monoisotopic (exact) mass is 336 g/mol. The van der Waals surface area contributed by atoms with Crippen LogP contribution in [0.25, 0.3) is 0 Å². The van der Waals surface area contributed by atoms with Crippen molar-refractivity contribution >= 4 is 10.2 Å². The van der Waals surface area contributed by atoms with E-state index in [1.54, 1.807) is 12.5 Å². The first-order valence-electron chi connectivity index (χ1n) is 7.53. The molecule has 0 saturated carbocycles. The van der Waals surface area contributed by atoms with Crippen LogP contribution in [0.4, 0.5) is 0 Å². The van der Waals surface area contributed by atoms with Gasteiger partial charge in [0.2, 0.25) is 0 Å². The number of nitrogens with one attached hydrogen (secondary N) is 2. The molecule has 0 aliphatic carbocycles. The first-order valence-corrected chi connectivity index (χ1v) is 9.01. The molecule has 0 spiro atoms. The van der Waals surface area contributed by atoms with Crippen molar-refractivity contribution in [1.82, 2.24) is 19.0 Å². The zero-order valence-electron chi connectivity index (χ0n) is 13.7. The standard InChI is InChI=1S/C16H24N4O2S/c1-16(2,3)15(12-20-10-9-17-13-20)19-23(21,22)18-11-14-7-5-4-6-8-14/h4-10,13,15,18-19H,11-12H2,1-3H3/t15-/m1/s1. The molecule has 0 radical (unpaired) electrons. The molecule has 126 valence electrons. The molecule has 0 saturated heterocycles. The number of benzene rings is 1. The summed E-state index contributed by atoms with van der Waals surface area (Å²) in [4.78, 5) is 4.00. The fourth-order valence-corrected chi connectivity index (χ4v) is 3.34. The van der Waals surface area contributed by atoms with Crippen LogP contribution in [0.3, 0.4) is 0 Å². The van der Waals surface area contributed by atoms with E-state index in [2.05, 4.69) is 14.4 Å². The molecule has 0 aliphatic heterocycles. The van der Waals surface area contributed by atoms with Crippen LogP contribution >= 0.6 is 0 Å². The second kappa shape index (κ2) is 7.25. The smallest absolute Gasteiger partial charge is 0.277 e. The van der Waals surface area contributed by atoms with Crippen LogP contribution in [-0.4, -0.2) is 24.0 Å². The molecule has 0 fully saturated rings. The van der Waals surface area contributed by atoms with E-state index in [1.807, 2.05) is 61.9 Å². The third kappa shape index (κ3) is 5.78. The topological polar surface area (TPSA) is 76.0 Å². The second-order valence-electron chi connectivity index (χ2n) is 6.61. The van der Waals surface area contributed by atoms with E-state index in [-0.39, 0.29) is 18.0 Å². The predicted molar refractivity (Wildman–Crippen MR) is 90.8 cm³/mol. The van der Waals surface area contributed by atoms with E-state index in [9.17, 15) is 8.42 Å². The molecular weight excluding hydrogens is 312 g/mol. The minimum Gasteiger partial charge on any atom is -0.336 e. The summed E-state index contributed by atoms with van der Waals surface area (Å²) in [5, 5.41) is 0. The van der Waals surface area contributed by atoms with Gasteiger partial charge in [-0.15, -0.1) is 0 Å². The van der Waals surface area contributed by atoms with Gasteiger partial charge in [0.25, 0.3) is 10.2 Å². The molecule has 2 N–H and O–H groups in total. The maximum absolute atomic E-state index is 12.3. The van der Waals surface area contributed by atoms with Crippen LogP contribution in [0.2, 0.25) is 0 Å². The van der Waals surface area contributed by atoms with Crippen molar-refractivity contribution in [3.05, 3.63) is 54.6 Å².